The van der Waals surface area contributed by atoms with Gasteiger partial charge >= 0.3 is 12.1 Å². The van der Waals surface area contributed by atoms with Gasteiger partial charge in [0.25, 0.3) is 0 Å². The molecule has 9 nitrogen and oxygen atoms in total. The molecule has 4 aromatic rings. The molecule has 2 aromatic carbocycles. The third-order valence-corrected chi connectivity index (χ3v) is 5.97. The lowest BCUT2D eigenvalue weighted by atomic mass is 9.97. The van der Waals surface area contributed by atoms with E-state index in [-0.39, 0.29) is 24.5 Å². The van der Waals surface area contributed by atoms with E-state index in [1.165, 1.54) is 0 Å². The number of nitrogens with one attached hydrogen (secondary N) is 2. The van der Waals surface area contributed by atoms with Crippen molar-refractivity contribution < 1.29 is 27.9 Å². The van der Waals surface area contributed by atoms with Gasteiger partial charge in [-0.3, -0.25) is 14.4 Å². The lowest BCUT2D eigenvalue weighted by molar-refractivity contribution is -0.192. The zero-order chi connectivity index (χ0) is 25.9. The van der Waals surface area contributed by atoms with Gasteiger partial charge in [-0.1, -0.05) is 30.3 Å². The largest absolute Gasteiger partial charge is 0.490 e. The molecule has 2 aromatic heterocycles. The Morgan fingerprint density at radius 1 is 1.14 bits per heavy atom. The van der Waals surface area contributed by atoms with Gasteiger partial charge in [0.1, 0.15) is 12.4 Å². The van der Waals surface area contributed by atoms with Crippen LogP contribution < -0.4 is 5.32 Å². The molecule has 12 heteroatoms. The van der Waals surface area contributed by atoms with Crippen molar-refractivity contribution in [1.29, 1.82) is 0 Å². The first-order valence-corrected chi connectivity index (χ1v) is 11.3. The molecule has 0 spiro atoms. The number of para-hydroxylation sites is 2. The molecule has 1 saturated heterocycles. The highest BCUT2D eigenvalue weighted by atomic mass is 19.4. The SMILES string of the molecule is CN1CC[C@@H](NC(=O)Cn2cc3ccccc3n2)C[C@@H]1c1nc2ccccc2[nH]1.O=C(O)C(F)(F)F. The number of hydrogen-bond donors (Lipinski definition) is 3. The van der Waals surface area contributed by atoms with E-state index in [0.29, 0.717) is 0 Å². The Labute approximate surface area is 203 Å². The fraction of sp³-hybridized carbons (Fsp3) is 0.333. The maximum absolute atomic E-state index is 12.6. The number of amides is 1. The number of nitrogens with zero attached hydrogens (tertiary/aromatic N) is 4. The van der Waals surface area contributed by atoms with Crippen molar-refractivity contribution in [3.63, 3.8) is 0 Å². The van der Waals surface area contributed by atoms with Gasteiger partial charge in [0.05, 0.1) is 22.6 Å². The second kappa shape index (κ2) is 10.4. The Morgan fingerprint density at radius 2 is 1.81 bits per heavy atom. The molecule has 1 aliphatic rings. The summed E-state index contributed by atoms with van der Waals surface area (Å²) in [6.45, 7) is 1.15. The third-order valence-electron chi connectivity index (χ3n) is 5.97. The first-order valence-electron chi connectivity index (χ1n) is 11.3. The van der Waals surface area contributed by atoms with Gasteiger partial charge in [0, 0.05) is 24.2 Å². The number of halogens is 3. The maximum Gasteiger partial charge on any atom is 0.490 e. The standard InChI is InChI=1S/C22H24N6O.C2HF3O2/c1-27-11-10-16(12-20(27)22-24-18-8-4-5-9-19(18)25-22)23-21(29)14-28-13-15-6-2-3-7-17(15)26-28;3-2(4,5)1(6)7/h2-9,13,16,20H,10-12,14H2,1H3,(H,23,29)(H,24,25);(H,6,7)/t16-,20-;/m1./s1. The molecule has 2 atom stereocenters. The smallest absolute Gasteiger partial charge is 0.475 e. The normalized spacial score (nSPS) is 18.6. The summed E-state index contributed by atoms with van der Waals surface area (Å²) in [5.74, 6) is -1.80. The monoisotopic (exact) mass is 502 g/mol. The van der Waals surface area contributed by atoms with E-state index in [2.05, 4.69) is 27.3 Å². The molecular formula is C24H25F3N6O3. The summed E-state index contributed by atoms with van der Waals surface area (Å²) in [5, 5.41) is 15.8. The van der Waals surface area contributed by atoms with Crippen LogP contribution in [0.1, 0.15) is 24.7 Å². The highest BCUT2D eigenvalue weighted by Gasteiger charge is 2.38. The van der Waals surface area contributed by atoms with Gasteiger partial charge in [-0.2, -0.15) is 18.3 Å². The van der Waals surface area contributed by atoms with Gasteiger partial charge in [-0.05, 0) is 38.1 Å². The molecule has 1 aliphatic heterocycles. The quantitative estimate of drug-likeness (QED) is 0.394. The van der Waals surface area contributed by atoms with Crippen LogP contribution in [0.25, 0.3) is 21.9 Å². The number of piperidine rings is 1. The zero-order valence-corrected chi connectivity index (χ0v) is 19.4. The summed E-state index contributed by atoms with van der Waals surface area (Å²) < 4.78 is 33.5. The Bertz CT molecular complexity index is 1300. The number of imidazole rings is 1. The number of hydrogen-bond acceptors (Lipinski definition) is 5. The van der Waals surface area contributed by atoms with E-state index >= 15 is 0 Å². The number of likely N-dealkylation sites (tertiary alicyclic amines) is 1. The number of carbonyl (C=O) groups excluding carboxylic acids is 1. The molecule has 0 radical (unpaired) electrons. The number of H-pyrrole nitrogens is 1. The Kier molecular flexibility index (Phi) is 7.25. The number of fused-ring (bicyclic) bond motifs is 2. The second-order valence-electron chi connectivity index (χ2n) is 8.61. The summed E-state index contributed by atoms with van der Waals surface area (Å²) in [4.78, 5) is 32.0. The molecule has 0 aliphatic carbocycles. The van der Waals surface area contributed by atoms with Gasteiger partial charge in [0.2, 0.25) is 5.91 Å². The van der Waals surface area contributed by atoms with Crippen LogP contribution in [0.3, 0.4) is 0 Å². The van der Waals surface area contributed by atoms with Crippen LogP contribution in [-0.2, 0) is 16.1 Å². The highest BCUT2D eigenvalue weighted by Crippen LogP contribution is 2.29. The van der Waals surface area contributed by atoms with Crippen molar-refractivity contribution in [3.05, 3.63) is 60.6 Å². The van der Waals surface area contributed by atoms with Gasteiger partial charge in [-0.15, -0.1) is 0 Å². The zero-order valence-electron chi connectivity index (χ0n) is 19.4. The van der Waals surface area contributed by atoms with Crippen molar-refractivity contribution in [2.24, 2.45) is 0 Å². The maximum atomic E-state index is 12.6. The number of aliphatic carboxylic acids is 1. The lowest BCUT2D eigenvalue weighted by Gasteiger charge is -2.36. The molecule has 3 heterocycles. The number of carboxylic acids is 1. The van der Waals surface area contributed by atoms with Crippen molar-refractivity contribution in [3.8, 4) is 0 Å². The fourth-order valence-electron chi connectivity index (χ4n) is 4.18. The minimum absolute atomic E-state index is 0.00397. The van der Waals surface area contributed by atoms with E-state index in [1.807, 2.05) is 54.7 Å². The Morgan fingerprint density at radius 3 is 2.47 bits per heavy atom. The predicted molar refractivity (Wildman–Crippen MR) is 126 cm³/mol. The average Bonchev–Trinajstić information content (AvgIpc) is 3.43. The molecular weight excluding hydrogens is 477 g/mol. The first kappa shape index (κ1) is 25.2. The van der Waals surface area contributed by atoms with Crippen LogP contribution in [-0.4, -0.2) is 67.4 Å². The minimum Gasteiger partial charge on any atom is -0.475 e. The molecule has 5 rings (SSSR count). The van der Waals surface area contributed by atoms with Crippen molar-refractivity contribution >= 4 is 33.8 Å². The third kappa shape index (κ3) is 6.00. The number of carbonyl (C=O) groups is 2. The first-order chi connectivity index (χ1) is 17.1. The number of rotatable bonds is 4. The van der Waals surface area contributed by atoms with E-state index in [1.54, 1.807) is 4.68 Å². The van der Waals surface area contributed by atoms with E-state index in [4.69, 9.17) is 14.9 Å². The van der Waals surface area contributed by atoms with Crippen molar-refractivity contribution in [2.75, 3.05) is 13.6 Å². The highest BCUT2D eigenvalue weighted by molar-refractivity contribution is 5.80. The fourth-order valence-corrected chi connectivity index (χ4v) is 4.18. The van der Waals surface area contributed by atoms with Gasteiger partial charge in [-0.25, -0.2) is 9.78 Å². The average molecular weight is 502 g/mol. The molecule has 1 amide bonds. The van der Waals surface area contributed by atoms with Gasteiger partial charge in [0.15, 0.2) is 0 Å². The molecule has 190 valence electrons. The summed E-state index contributed by atoms with van der Waals surface area (Å²) in [6.07, 6.45) is -1.40. The molecule has 3 N–H and O–H groups in total. The van der Waals surface area contributed by atoms with Gasteiger partial charge < -0.3 is 15.4 Å². The summed E-state index contributed by atoms with van der Waals surface area (Å²) in [7, 11) is 2.12. The molecule has 36 heavy (non-hydrogen) atoms. The van der Waals surface area contributed by atoms with E-state index in [9.17, 15) is 18.0 Å². The van der Waals surface area contributed by atoms with Crippen LogP contribution in [0.5, 0.6) is 0 Å². The van der Waals surface area contributed by atoms with Crippen LogP contribution >= 0.6 is 0 Å². The molecule has 0 saturated carbocycles. The van der Waals surface area contributed by atoms with Crippen molar-refractivity contribution in [2.45, 2.75) is 37.6 Å². The number of alkyl halides is 3. The van der Waals surface area contributed by atoms with Crippen LogP contribution in [0.15, 0.2) is 54.7 Å². The summed E-state index contributed by atoms with van der Waals surface area (Å²) >= 11 is 0. The second-order valence-corrected chi connectivity index (χ2v) is 8.61. The topological polar surface area (TPSA) is 116 Å². The summed E-state index contributed by atoms with van der Waals surface area (Å²) in [6, 6.07) is 16.3. The number of aromatic amines is 1. The molecule has 0 bridgehead atoms. The lowest BCUT2D eigenvalue weighted by Crippen LogP contribution is -2.46. The summed E-state index contributed by atoms with van der Waals surface area (Å²) in [5.41, 5.74) is 2.94. The van der Waals surface area contributed by atoms with E-state index < -0.39 is 12.1 Å². The van der Waals surface area contributed by atoms with Crippen LogP contribution in [0.2, 0.25) is 0 Å². The number of benzene rings is 2. The number of carboxylic acid groups (broad SMARTS) is 1. The van der Waals surface area contributed by atoms with Crippen LogP contribution in [0.4, 0.5) is 13.2 Å². The molecule has 1 fully saturated rings. The minimum atomic E-state index is -5.08. The Balaban J connectivity index is 0.000000384. The van der Waals surface area contributed by atoms with Crippen molar-refractivity contribution in [1.82, 2.24) is 30.0 Å². The number of aromatic nitrogens is 4. The van der Waals surface area contributed by atoms with E-state index in [0.717, 1.165) is 47.1 Å². The molecule has 0 unspecified atom stereocenters. The van der Waals surface area contributed by atoms with Crippen LogP contribution in [0, 0.1) is 0 Å². The predicted octanol–water partition coefficient (Wildman–Crippen LogP) is 3.50. The Hall–Kier alpha value is -3.93.